The van der Waals surface area contributed by atoms with Gasteiger partial charge in [-0.05, 0) is 43.2 Å². The second-order valence-electron chi connectivity index (χ2n) is 5.50. The number of rotatable bonds is 2. The van der Waals surface area contributed by atoms with Gasteiger partial charge in [-0.15, -0.1) is 10.2 Å². The molecule has 1 aliphatic heterocycles. The van der Waals surface area contributed by atoms with Gasteiger partial charge in [-0.2, -0.15) is 0 Å². The second kappa shape index (κ2) is 5.33. The lowest BCUT2D eigenvalue weighted by Gasteiger charge is -2.15. The van der Waals surface area contributed by atoms with E-state index in [-0.39, 0.29) is 5.82 Å². The van der Waals surface area contributed by atoms with Crippen LogP contribution in [0.2, 0.25) is 0 Å². The summed E-state index contributed by atoms with van der Waals surface area (Å²) in [6.07, 6.45) is 4.12. The van der Waals surface area contributed by atoms with Crippen LogP contribution >= 0.6 is 0 Å². The maximum Gasteiger partial charge on any atom is 0.151 e. The maximum absolute atomic E-state index is 13.9. The lowest BCUT2D eigenvalue weighted by Crippen LogP contribution is -2.19. The zero-order valence-electron chi connectivity index (χ0n) is 12.0. The summed E-state index contributed by atoms with van der Waals surface area (Å²) >= 11 is 0. The predicted octanol–water partition coefficient (Wildman–Crippen LogP) is 3.43. The summed E-state index contributed by atoms with van der Waals surface area (Å²) in [5, 5.41) is 9.07. The molecule has 110 valence electrons. The van der Waals surface area contributed by atoms with Crippen LogP contribution in [0.1, 0.15) is 12.8 Å². The smallest absolute Gasteiger partial charge is 0.151 e. The number of hydrogen-bond acceptors (Lipinski definition) is 4. The minimum Gasteiger partial charge on any atom is -0.355 e. The predicted molar refractivity (Wildman–Crippen MR) is 84.2 cm³/mol. The quantitative estimate of drug-likeness (QED) is 0.726. The van der Waals surface area contributed by atoms with Crippen molar-refractivity contribution in [2.75, 3.05) is 18.0 Å². The van der Waals surface area contributed by atoms with Crippen molar-refractivity contribution in [2.45, 2.75) is 12.8 Å². The lowest BCUT2D eigenvalue weighted by molar-refractivity contribution is 0.639. The minimum atomic E-state index is -0.270. The fraction of sp³-hybridized carbons (Fsp3) is 0.235. The molecule has 3 heterocycles. The Morgan fingerprint density at radius 2 is 1.86 bits per heavy atom. The number of pyridine rings is 1. The van der Waals surface area contributed by atoms with Crippen LogP contribution in [-0.4, -0.2) is 28.3 Å². The highest BCUT2D eigenvalue weighted by atomic mass is 19.1. The van der Waals surface area contributed by atoms with Gasteiger partial charge in [-0.25, -0.2) is 4.39 Å². The molecule has 1 aliphatic rings. The van der Waals surface area contributed by atoms with E-state index in [2.05, 4.69) is 20.1 Å². The van der Waals surface area contributed by atoms with Gasteiger partial charge in [-0.3, -0.25) is 4.98 Å². The number of halogens is 1. The monoisotopic (exact) mass is 294 g/mol. The van der Waals surface area contributed by atoms with E-state index < -0.39 is 0 Å². The van der Waals surface area contributed by atoms with Crippen LogP contribution < -0.4 is 4.90 Å². The van der Waals surface area contributed by atoms with Crippen molar-refractivity contribution in [1.29, 1.82) is 0 Å². The molecule has 1 aromatic carbocycles. The van der Waals surface area contributed by atoms with Crippen molar-refractivity contribution < 1.29 is 4.39 Å². The average Bonchev–Trinajstić information content (AvgIpc) is 3.10. The molecule has 0 amide bonds. The molecule has 0 unspecified atom stereocenters. The van der Waals surface area contributed by atoms with E-state index in [0.717, 1.165) is 24.5 Å². The first kappa shape index (κ1) is 13.1. The van der Waals surface area contributed by atoms with E-state index in [4.69, 9.17) is 0 Å². The fourth-order valence-corrected chi connectivity index (χ4v) is 2.85. The van der Waals surface area contributed by atoms with Crippen molar-refractivity contribution in [2.24, 2.45) is 0 Å². The van der Waals surface area contributed by atoms with Crippen LogP contribution in [0.25, 0.3) is 22.2 Å². The van der Waals surface area contributed by atoms with Gasteiger partial charge < -0.3 is 4.90 Å². The van der Waals surface area contributed by atoms with Crippen LogP contribution in [-0.2, 0) is 0 Å². The molecular formula is C17H15FN4. The molecule has 4 rings (SSSR count). The standard InChI is InChI=1S/C17H15FN4/c18-14-4-3-5-16-13(14)10-12(11-19-16)15-6-7-17(21-20-15)22-8-1-2-9-22/h3-7,10-11H,1-2,8-9H2. The summed E-state index contributed by atoms with van der Waals surface area (Å²) in [4.78, 5) is 6.53. The number of aromatic nitrogens is 3. The van der Waals surface area contributed by atoms with Crippen molar-refractivity contribution in [1.82, 2.24) is 15.2 Å². The van der Waals surface area contributed by atoms with E-state index in [1.54, 1.807) is 24.4 Å². The van der Waals surface area contributed by atoms with Crippen molar-refractivity contribution >= 4 is 16.7 Å². The third-order valence-electron chi connectivity index (χ3n) is 4.05. The van der Waals surface area contributed by atoms with Gasteiger partial charge in [0.1, 0.15) is 5.82 Å². The summed E-state index contributed by atoms with van der Waals surface area (Å²) in [5.41, 5.74) is 2.13. The number of nitrogens with zero attached hydrogens (tertiary/aromatic N) is 4. The number of hydrogen-bond donors (Lipinski definition) is 0. The highest BCUT2D eigenvalue weighted by Gasteiger charge is 2.14. The topological polar surface area (TPSA) is 41.9 Å². The van der Waals surface area contributed by atoms with E-state index in [0.29, 0.717) is 16.6 Å². The number of fused-ring (bicyclic) bond motifs is 1. The summed E-state index contributed by atoms with van der Waals surface area (Å²) < 4.78 is 13.9. The second-order valence-corrected chi connectivity index (χ2v) is 5.50. The molecule has 5 heteroatoms. The molecule has 0 atom stereocenters. The molecule has 0 bridgehead atoms. The minimum absolute atomic E-state index is 0.270. The summed E-state index contributed by atoms with van der Waals surface area (Å²) in [5.74, 6) is 0.634. The Bertz CT molecular complexity index is 811. The van der Waals surface area contributed by atoms with Crippen LogP contribution in [0.15, 0.2) is 42.6 Å². The Morgan fingerprint density at radius 1 is 1.00 bits per heavy atom. The Hall–Kier alpha value is -2.56. The molecule has 0 aliphatic carbocycles. The summed E-state index contributed by atoms with van der Waals surface area (Å²) in [7, 11) is 0. The van der Waals surface area contributed by atoms with Crippen LogP contribution in [0.5, 0.6) is 0 Å². The van der Waals surface area contributed by atoms with Gasteiger partial charge in [0.05, 0.1) is 11.2 Å². The van der Waals surface area contributed by atoms with Gasteiger partial charge in [0.15, 0.2) is 5.82 Å². The Balaban J connectivity index is 1.70. The van der Waals surface area contributed by atoms with Gasteiger partial charge in [0.2, 0.25) is 0 Å². The van der Waals surface area contributed by atoms with Crippen molar-refractivity contribution in [3.63, 3.8) is 0 Å². The molecule has 0 radical (unpaired) electrons. The van der Waals surface area contributed by atoms with Crippen LogP contribution in [0.4, 0.5) is 10.2 Å². The van der Waals surface area contributed by atoms with Gasteiger partial charge in [-0.1, -0.05) is 6.07 Å². The highest BCUT2D eigenvalue weighted by molar-refractivity contribution is 5.83. The van der Waals surface area contributed by atoms with E-state index in [9.17, 15) is 4.39 Å². The molecule has 1 saturated heterocycles. The third-order valence-corrected chi connectivity index (χ3v) is 4.05. The normalized spacial score (nSPS) is 14.7. The lowest BCUT2D eigenvalue weighted by atomic mass is 10.1. The fourth-order valence-electron chi connectivity index (χ4n) is 2.85. The molecular weight excluding hydrogens is 279 g/mol. The van der Waals surface area contributed by atoms with Crippen molar-refractivity contribution in [3.05, 3.63) is 48.4 Å². The van der Waals surface area contributed by atoms with Crippen LogP contribution in [0.3, 0.4) is 0 Å². The van der Waals surface area contributed by atoms with E-state index in [1.165, 1.54) is 18.9 Å². The summed E-state index contributed by atoms with van der Waals surface area (Å²) in [6.45, 7) is 2.08. The third kappa shape index (κ3) is 2.28. The number of benzene rings is 1. The Morgan fingerprint density at radius 3 is 2.64 bits per heavy atom. The molecule has 2 aromatic heterocycles. The summed E-state index contributed by atoms with van der Waals surface area (Å²) in [6, 6.07) is 10.6. The van der Waals surface area contributed by atoms with Crippen molar-refractivity contribution in [3.8, 4) is 11.3 Å². The molecule has 0 N–H and O–H groups in total. The first-order chi connectivity index (χ1) is 10.8. The molecule has 22 heavy (non-hydrogen) atoms. The molecule has 4 nitrogen and oxygen atoms in total. The maximum atomic E-state index is 13.9. The first-order valence-electron chi connectivity index (χ1n) is 7.44. The van der Waals surface area contributed by atoms with Gasteiger partial charge in [0.25, 0.3) is 0 Å². The molecule has 0 saturated carbocycles. The highest BCUT2D eigenvalue weighted by Crippen LogP contribution is 2.24. The molecule has 1 fully saturated rings. The van der Waals surface area contributed by atoms with Gasteiger partial charge >= 0.3 is 0 Å². The SMILES string of the molecule is Fc1cccc2ncc(-c3ccc(N4CCCC4)nn3)cc12. The van der Waals surface area contributed by atoms with Gasteiger partial charge in [0, 0.05) is 30.2 Å². The number of anilines is 1. The van der Waals surface area contributed by atoms with Crippen LogP contribution in [0, 0.1) is 5.82 Å². The van der Waals surface area contributed by atoms with E-state index >= 15 is 0 Å². The average molecular weight is 294 g/mol. The Labute approximate surface area is 127 Å². The zero-order chi connectivity index (χ0) is 14.9. The van der Waals surface area contributed by atoms with E-state index in [1.807, 2.05) is 12.1 Å². The molecule has 3 aromatic rings. The molecule has 0 spiro atoms. The zero-order valence-corrected chi connectivity index (χ0v) is 12.0. The largest absolute Gasteiger partial charge is 0.355 e. The Kier molecular flexibility index (Phi) is 3.18. The first-order valence-corrected chi connectivity index (χ1v) is 7.44.